The van der Waals surface area contributed by atoms with E-state index in [1.807, 2.05) is 0 Å². The number of carboxylic acid groups (broad SMARTS) is 1. The van der Waals surface area contributed by atoms with Gasteiger partial charge in [-0.25, -0.2) is 17.9 Å². The Hall–Kier alpha value is -1.38. The summed E-state index contributed by atoms with van der Waals surface area (Å²) in [5, 5.41) is 8.26. The third kappa shape index (κ3) is 3.81. The minimum absolute atomic E-state index is 0.127. The highest BCUT2D eigenvalue weighted by molar-refractivity contribution is 7.89. The van der Waals surface area contributed by atoms with Gasteiger partial charge in [0.25, 0.3) is 10.0 Å². The first-order chi connectivity index (χ1) is 9.49. The summed E-state index contributed by atoms with van der Waals surface area (Å²) in [6, 6.07) is 2.22. The number of nitrogens with one attached hydrogen (secondary N) is 1. The zero-order chi connectivity index (χ0) is 14.6. The molecule has 1 aromatic heterocycles. The highest BCUT2D eigenvalue weighted by atomic mass is 32.2. The van der Waals surface area contributed by atoms with Crippen LogP contribution in [0, 0.1) is 0 Å². The van der Waals surface area contributed by atoms with Crippen LogP contribution in [-0.2, 0) is 14.8 Å². The first kappa shape index (κ1) is 15.0. The van der Waals surface area contributed by atoms with Gasteiger partial charge < -0.3 is 14.3 Å². The molecule has 20 heavy (non-hydrogen) atoms. The summed E-state index contributed by atoms with van der Waals surface area (Å²) in [7, 11) is -3.83. The molecule has 1 aromatic rings. The number of carboxylic acids is 1. The molecule has 0 unspecified atom stereocenters. The standard InChI is InChI=1S/C12H17NO6S/c14-12(15)10-5-6-11(19-10)20(16,17)13-7-8-18-9-3-1-2-4-9/h5-6,9,13H,1-4,7-8H2,(H,14,15). The van der Waals surface area contributed by atoms with Gasteiger partial charge in [-0.15, -0.1) is 0 Å². The van der Waals surface area contributed by atoms with E-state index in [9.17, 15) is 13.2 Å². The van der Waals surface area contributed by atoms with Gasteiger partial charge in [-0.2, -0.15) is 0 Å². The maximum Gasteiger partial charge on any atom is 0.371 e. The highest BCUT2D eigenvalue weighted by Gasteiger charge is 2.21. The molecule has 112 valence electrons. The van der Waals surface area contributed by atoms with Gasteiger partial charge in [0.1, 0.15) is 0 Å². The van der Waals surface area contributed by atoms with Crippen molar-refractivity contribution in [2.24, 2.45) is 0 Å². The van der Waals surface area contributed by atoms with Gasteiger partial charge in [0, 0.05) is 6.54 Å². The van der Waals surface area contributed by atoms with Gasteiger partial charge in [-0.05, 0) is 25.0 Å². The summed E-state index contributed by atoms with van der Waals surface area (Å²) < 4.78 is 36.2. The molecule has 1 fully saturated rings. The predicted molar refractivity (Wildman–Crippen MR) is 69.1 cm³/mol. The van der Waals surface area contributed by atoms with Crippen molar-refractivity contribution in [1.29, 1.82) is 0 Å². The maximum atomic E-state index is 11.8. The molecule has 0 bridgehead atoms. The van der Waals surface area contributed by atoms with Crippen molar-refractivity contribution in [1.82, 2.24) is 4.72 Å². The Morgan fingerprint density at radius 2 is 2.10 bits per heavy atom. The Morgan fingerprint density at radius 1 is 1.40 bits per heavy atom. The molecular weight excluding hydrogens is 286 g/mol. The molecule has 2 N–H and O–H groups in total. The fourth-order valence-corrected chi connectivity index (χ4v) is 3.05. The molecule has 1 heterocycles. The van der Waals surface area contributed by atoms with Crippen LogP contribution < -0.4 is 4.72 Å². The topological polar surface area (TPSA) is 106 Å². The fraction of sp³-hybridized carbons (Fsp3) is 0.583. The number of sulfonamides is 1. The summed E-state index contributed by atoms with van der Waals surface area (Å²) in [4.78, 5) is 10.6. The maximum absolute atomic E-state index is 11.8. The molecule has 0 spiro atoms. The second kappa shape index (κ2) is 6.38. The first-order valence-corrected chi connectivity index (χ1v) is 7.92. The van der Waals surface area contributed by atoms with Crippen molar-refractivity contribution >= 4 is 16.0 Å². The lowest BCUT2D eigenvalue weighted by Crippen LogP contribution is -2.28. The Labute approximate surface area is 117 Å². The molecule has 1 aliphatic rings. The molecule has 0 saturated heterocycles. The van der Waals surface area contributed by atoms with Gasteiger partial charge in [-0.1, -0.05) is 12.8 Å². The van der Waals surface area contributed by atoms with E-state index in [1.165, 1.54) is 0 Å². The molecular formula is C12H17NO6S. The monoisotopic (exact) mass is 303 g/mol. The second-order valence-corrected chi connectivity index (χ2v) is 6.30. The normalized spacial score (nSPS) is 16.6. The average Bonchev–Trinajstić information content (AvgIpc) is 3.05. The van der Waals surface area contributed by atoms with Crippen LogP contribution in [0.2, 0.25) is 0 Å². The van der Waals surface area contributed by atoms with Crippen LogP contribution in [0.4, 0.5) is 0 Å². The number of carbonyl (C=O) groups is 1. The second-order valence-electron chi connectivity index (χ2n) is 4.60. The fourth-order valence-electron chi connectivity index (χ4n) is 2.11. The Morgan fingerprint density at radius 3 is 2.70 bits per heavy atom. The number of hydrogen-bond acceptors (Lipinski definition) is 5. The summed E-state index contributed by atoms with van der Waals surface area (Å²) in [5.41, 5.74) is 0. The smallest absolute Gasteiger partial charge is 0.371 e. The van der Waals surface area contributed by atoms with Crippen LogP contribution >= 0.6 is 0 Å². The first-order valence-electron chi connectivity index (χ1n) is 6.43. The number of ether oxygens (including phenoxy) is 1. The van der Waals surface area contributed by atoms with Crippen molar-refractivity contribution < 1.29 is 27.5 Å². The summed E-state index contributed by atoms with van der Waals surface area (Å²) in [5.74, 6) is -1.72. The lowest BCUT2D eigenvalue weighted by atomic mass is 10.3. The van der Waals surface area contributed by atoms with Crippen molar-refractivity contribution in [3.8, 4) is 0 Å². The van der Waals surface area contributed by atoms with E-state index in [1.54, 1.807) is 0 Å². The summed E-state index contributed by atoms with van der Waals surface area (Å²) in [6.07, 6.45) is 4.57. The number of furan rings is 1. The van der Waals surface area contributed by atoms with Crippen LogP contribution in [0.25, 0.3) is 0 Å². The highest BCUT2D eigenvalue weighted by Crippen LogP contribution is 2.20. The van der Waals surface area contributed by atoms with E-state index in [0.717, 1.165) is 37.8 Å². The van der Waals surface area contributed by atoms with Crippen molar-refractivity contribution in [3.63, 3.8) is 0 Å². The molecule has 0 aromatic carbocycles. The average molecular weight is 303 g/mol. The van der Waals surface area contributed by atoms with E-state index in [0.29, 0.717) is 0 Å². The van der Waals surface area contributed by atoms with Crippen LogP contribution in [0.3, 0.4) is 0 Å². The third-order valence-corrected chi connectivity index (χ3v) is 4.44. The molecule has 8 heteroatoms. The Kier molecular flexibility index (Phi) is 4.79. The van der Waals surface area contributed by atoms with Crippen LogP contribution in [-0.4, -0.2) is 38.7 Å². The Bertz CT molecular complexity index is 558. The van der Waals surface area contributed by atoms with Crippen LogP contribution in [0.5, 0.6) is 0 Å². The van der Waals surface area contributed by atoms with Crippen LogP contribution in [0.1, 0.15) is 36.2 Å². The number of rotatable bonds is 7. The SMILES string of the molecule is O=C(O)c1ccc(S(=O)(=O)NCCOC2CCCC2)o1. The Balaban J connectivity index is 1.82. The van der Waals surface area contributed by atoms with Gasteiger partial charge in [0.2, 0.25) is 10.9 Å². The zero-order valence-electron chi connectivity index (χ0n) is 10.9. The minimum atomic E-state index is -3.83. The molecule has 2 rings (SSSR count). The van der Waals surface area contributed by atoms with Crippen LogP contribution in [0.15, 0.2) is 21.6 Å². The van der Waals surface area contributed by atoms with Gasteiger partial charge >= 0.3 is 5.97 Å². The van der Waals surface area contributed by atoms with Gasteiger partial charge in [0.15, 0.2) is 0 Å². The van der Waals surface area contributed by atoms with E-state index in [2.05, 4.69) is 4.72 Å². The van der Waals surface area contributed by atoms with Gasteiger partial charge in [0.05, 0.1) is 12.7 Å². The lowest BCUT2D eigenvalue weighted by molar-refractivity contribution is 0.0624. The largest absolute Gasteiger partial charge is 0.475 e. The minimum Gasteiger partial charge on any atom is -0.475 e. The predicted octanol–water partition coefficient (Wildman–Crippen LogP) is 1.22. The van der Waals surface area contributed by atoms with Crippen molar-refractivity contribution in [2.45, 2.75) is 36.9 Å². The third-order valence-electron chi connectivity index (χ3n) is 3.11. The summed E-state index contributed by atoms with van der Waals surface area (Å²) in [6.45, 7) is 0.415. The van der Waals surface area contributed by atoms with Crippen molar-refractivity contribution in [3.05, 3.63) is 17.9 Å². The number of aromatic carboxylic acids is 1. The van der Waals surface area contributed by atoms with E-state index in [4.69, 9.17) is 14.3 Å². The lowest BCUT2D eigenvalue weighted by Gasteiger charge is -2.11. The van der Waals surface area contributed by atoms with Crippen molar-refractivity contribution in [2.75, 3.05) is 13.2 Å². The van der Waals surface area contributed by atoms with Gasteiger partial charge in [-0.3, -0.25) is 0 Å². The molecule has 1 aliphatic carbocycles. The molecule has 0 amide bonds. The molecule has 0 radical (unpaired) electrons. The molecule has 0 atom stereocenters. The van der Waals surface area contributed by atoms with E-state index >= 15 is 0 Å². The molecule has 0 aliphatic heterocycles. The van der Waals surface area contributed by atoms with E-state index in [-0.39, 0.29) is 19.3 Å². The zero-order valence-corrected chi connectivity index (χ0v) is 11.7. The summed E-state index contributed by atoms with van der Waals surface area (Å²) >= 11 is 0. The molecule has 7 nitrogen and oxygen atoms in total. The molecule has 1 saturated carbocycles. The quantitative estimate of drug-likeness (QED) is 0.733. The number of hydrogen-bond donors (Lipinski definition) is 2. The van der Waals surface area contributed by atoms with E-state index < -0.39 is 26.8 Å².